The van der Waals surface area contributed by atoms with Gasteiger partial charge in [-0.2, -0.15) is 0 Å². The number of aromatic nitrogens is 2. The number of phenols is 1. The lowest BCUT2D eigenvalue weighted by Gasteiger charge is -2.09. The first-order valence-electron chi connectivity index (χ1n) is 6.60. The molecule has 4 nitrogen and oxygen atoms in total. The molecule has 0 amide bonds. The fourth-order valence-corrected chi connectivity index (χ4v) is 1.95. The Balaban J connectivity index is 1.82. The van der Waals surface area contributed by atoms with Crippen molar-refractivity contribution >= 4 is 0 Å². The van der Waals surface area contributed by atoms with Crippen molar-refractivity contribution < 1.29 is 9.84 Å². The average molecular weight is 278 g/mol. The van der Waals surface area contributed by atoms with E-state index >= 15 is 0 Å². The lowest BCUT2D eigenvalue weighted by Crippen LogP contribution is -1.96. The molecule has 0 bridgehead atoms. The zero-order chi connectivity index (χ0) is 14.5. The van der Waals surface area contributed by atoms with E-state index in [1.54, 1.807) is 36.7 Å². The quantitative estimate of drug-likeness (QED) is 0.794. The van der Waals surface area contributed by atoms with Crippen LogP contribution in [-0.2, 0) is 6.61 Å². The second-order valence-corrected chi connectivity index (χ2v) is 4.53. The first-order valence-corrected chi connectivity index (χ1v) is 6.60. The summed E-state index contributed by atoms with van der Waals surface area (Å²) in [5.74, 6) is 1.12. The van der Waals surface area contributed by atoms with E-state index in [4.69, 9.17) is 4.74 Å². The normalized spacial score (nSPS) is 10.3. The van der Waals surface area contributed by atoms with E-state index in [9.17, 15) is 5.11 Å². The van der Waals surface area contributed by atoms with Crippen molar-refractivity contribution in [1.82, 2.24) is 9.97 Å². The number of ether oxygens (including phenoxy) is 1. The minimum Gasteiger partial charge on any atom is -0.504 e. The van der Waals surface area contributed by atoms with Crippen LogP contribution in [0.3, 0.4) is 0 Å². The first-order chi connectivity index (χ1) is 10.3. The van der Waals surface area contributed by atoms with Crippen molar-refractivity contribution in [3.05, 3.63) is 72.6 Å². The number of phenolic OH excluding ortho intramolecular Hbond substituents is 1. The molecular weight excluding hydrogens is 264 g/mol. The SMILES string of the molecule is Oc1ccc(-c2ncccn2)cc1OCc1ccccc1. The summed E-state index contributed by atoms with van der Waals surface area (Å²) >= 11 is 0. The van der Waals surface area contributed by atoms with Gasteiger partial charge in [-0.3, -0.25) is 0 Å². The molecule has 0 saturated heterocycles. The zero-order valence-corrected chi connectivity index (χ0v) is 11.3. The Hall–Kier alpha value is -2.88. The molecule has 1 heterocycles. The largest absolute Gasteiger partial charge is 0.504 e. The highest BCUT2D eigenvalue weighted by Gasteiger charge is 2.07. The third kappa shape index (κ3) is 3.17. The molecule has 0 atom stereocenters. The Morgan fingerprint density at radius 2 is 1.67 bits per heavy atom. The van der Waals surface area contributed by atoms with E-state index in [1.165, 1.54) is 0 Å². The van der Waals surface area contributed by atoms with Crippen LogP contribution in [0.15, 0.2) is 67.0 Å². The van der Waals surface area contributed by atoms with Crippen LogP contribution >= 0.6 is 0 Å². The van der Waals surface area contributed by atoms with Gasteiger partial charge in [-0.05, 0) is 29.8 Å². The maximum Gasteiger partial charge on any atom is 0.162 e. The second-order valence-electron chi connectivity index (χ2n) is 4.53. The number of benzene rings is 2. The standard InChI is InChI=1S/C17H14N2O2/c20-15-8-7-14(17-18-9-4-10-19-17)11-16(15)21-12-13-5-2-1-3-6-13/h1-11,20H,12H2. The molecular formula is C17H14N2O2. The highest BCUT2D eigenvalue weighted by Crippen LogP contribution is 2.30. The van der Waals surface area contributed by atoms with Gasteiger partial charge in [-0.15, -0.1) is 0 Å². The average Bonchev–Trinajstić information content (AvgIpc) is 2.56. The molecule has 2 aromatic carbocycles. The monoisotopic (exact) mass is 278 g/mol. The van der Waals surface area contributed by atoms with E-state index in [-0.39, 0.29) is 5.75 Å². The Morgan fingerprint density at radius 1 is 0.905 bits per heavy atom. The van der Waals surface area contributed by atoms with Crippen LogP contribution in [0.1, 0.15) is 5.56 Å². The number of hydrogen-bond donors (Lipinski definition) is 1. The van der Waals surface area contributed by atoms with E-state index in [1.807, 2.05) is 30.3 Å². The van der Waals surface area contributed by atoms with Gasteiger partial charge in [0.1, 0.15) is 6.61 Å². The molecule has 4 heteroatoms. The van der Waals surface area contributed by atoms with Crippen molar-refractivity contribution in [1.29, 1.82) is 0 Å². The van der Waals surface area contributed by atoms with Crippen LogP contribution in [0.5, 0.6) is 11.5 Å². The van der Waals surface area contributed by atoms with Gasteiger partial charge in [0.25, 0.3) is 0 Å². The Morgan fingerprint density at radius 3 is 2.43 bits per heavy atom. The van der Waals surface area contributed by atoms with Crippen LogP contribution in [0.25, 0.3) is 11.4 Å². The summed E-state index contributed by atoms with van der Waals surface area (Å²) in [4.78, 5) is 8.38. The summed E-state index contributed by atoms with van der Waals surface area (Å²) in [5.41, 5.74) is 1.84. The van der Waals surface area contributed by atoms with Crippen LogP contribution in [-0.4, -0.2) is 15.1 Å². The highest BCUT2D eigenvalue weighted by atomic mass is 16.5. The minimum absolute atomic E-state index is 0.102. The van der Waals surface area contributed by atoms with E-state index < -0.39 is 0 Å². The smallest absolute Gasteiger partial charge is 0.162 e. The number of aromatic hydroxyl groups is 1. The van der Waals surface area contributed by atoms with Crippen molar-refractivity contribution in [2.75, 3.05) is 0 Å². The number of hydrogen-bond acceptors (Lipinski definition) is 4. The lowest BCUT2D eigenvalue weighted by atomic mass is 10.2. The molecule has 104 valence electrons. The van der Waals surface area contributed by atoms with Gasteiger partial charge in [-0.25, -0.2) is 9.97 Å². The van der Waals surface area contributed by atoms with Gasteiger partial charge < -0.3 is 9.84 Å². The Bertz CT molecular complexity index is 715. The fraction of sp³-hybridized carbons (Fsp3) is 0.0588. The zero-order valence-electron chi connectivity index (χ0n) is 11.3. The van der Waals surface area contributed by atoms with Crippen LogP contribution in [0, 0.1) is 0 Å². The summed E-state index contributed by atoms with van der Waals surface area (Å²) in [7, 11) is 0. The Labute approximate surface area is 122 Å². The fourth-order valence-electron chi connectivity index (χ4n) is 1.95. The van der Waals surface area contributed by atoms with E-state index in [2.05, 4.69) is 9.97 Å². The molecule has 0 fully saturated rings. The summed E-state index contributed by atoms with van der Waals surface area (Å²) in [6, 6.07) is 16.7. The molecule has 0 aliphatic rings. The summed E-state index contributed by atoms with van der Waals surface area (Å²) < 4.78 is 5.68. The maximum atomic E-state index is 9.89. The molecule has 0 spiro atoms. The Kier molecular flexibility index (Phi) is 3.78. The molecule has 1 N–H and O–H groups in total. The van der Waals surface area contributed by atoms with Crippen LogP contribution in [0.2, 0.25) is 0 Å². The van der Waals surface area contributed by atoms with Gasteiger partial charge in [-0.1, -0.05) is 30.3 Å². The van der Waals surface area contributed by atoms with Gasteiger partial charge in [0.15, 0.2) is 17.3 Å². The van der Waals surface area contributed by atoms with Crippen molar-refractivity contribution in [3.8, 4) is 22.9 Å². The van der Waals surface area contributed by atoms with Gasteiger partial charge in [0.05, 0.1) is 0 Å². The molecule has 0 aliphatic carbocycles. The van der Waals surface area contributed by atoms with Crippen molar-refractivity contribution in [2.24, 2.45) is 0 Å². The lowest BCUT2D eigenvalue weighted by molar-refractivity contribution is 0.289. The van der Waals surface area contributed by atoms with Gasteiger partial charge in [0.2, 0.25) is 0 Å². The third-order valence-electron chi connectivity index (χ3n) is 3.02. The molecule has 21 heavy (non-hydrogen) atoms. The van der Waals surface area contributed by atoms with Gasteiger partial charge in [0, 0.05) is 18.0 Å². The second kappa shape index (κ2) is 6.05. The number of nitrogens with zero attached hydrogens (tertiary/aromatic N) is 2. The first kappa shape index (κ1) is 13.1. The van der Waals surface area contributed by atoms with Crippen molar-refractivity contribution in [2.45, 2.75) is 6.61 Å². The topological polar surface area (TPSA) is 55.2 Å². The molecule has 3 rings (SSSR count). The maximum absolute atomic E-state index is 9.89. The third-order valence-corrected chi connectivity index (χ3v) is 3.02. The van der Waals surface area contributed by atoms with E-state index in [0.29, 0.717) is 18.2 Å². The molecule has 3 aromatic rings. The van der Waals surface area contributed by atoms with Crippen LogP contribution in [0.4, 0.5) is 0 Å². The molecule has 0 aliphatic heterocycles. The van der Waals surface area contributed by atoms with Gasteiger partial charge >= 0.3 is 0 Å². The van der Waals surface area contributed by atoms with E-state index in [0.717, 1.165) is 11.1 Å². The van der Waals surface area contributed by atoms with Crippen molar-refractivity contribution in [3.63, 3.8) is 0 Å². The summed E-state index contributed by atoms with van der Waals surface area (Å²) in [6.07, 6.45) is 3.36. The molecule has 1 aromatic heterocycles. The molecule has 0 radical (unpaired) electrons. The molecule has 0 saturated carbocycles. The predicted molar refractivity (Wildman–Crippen MR) is 79.9 cm³/mol. The highest BCUT2D eigenvalue weighted by molar-refractivity contribution is 5.60. The number of rotatable bonds is 4. The molecule has 0 unspecified atom stereocenters. The summed E-state index contributed by atoms with van der Waals surface area (Å²) in [5, 5.41) is 9.89. The van der Waals surface area contributed by atoms with Crippen LogP contribution < -0.4 is 4.74 Å². The predicted octanol–water partition coefficient (Wildman–Crippen LogP) is 3.43. The summed E-state index contributed by atoms with van der Waals surface area (Å²) in [6.45, 7) is 0.396. The minimum atomic E-state index is 0.102.